The first-order chi connectivity index (χ1) is 15.1. The Morgan fingerprint density at radius 3 is 2.97 bits per heavy atom. The van der Waals surface area contributed by atoms with Gasteiger partial charge in [0.2, 0.25) is 5.91 Å². The van der Waals surface area contributed by atoms with E-state index in [9.17, 15) is 14.7 Å². The molecular weight excluding hydrogens is 412 g/mol. The molecule has 3 N–H and O–H groups in total. The highest BCUT2D eigenvalue weighted by molar-refractivity contribution is 7.16. The third-order valence-electron chi connectivity index (χ3n) is 5.80. The zero-order valence-electron chi connectivity index (χ0n) is 17.5. The summed E-state index contributed by atoms with van der Waals surface area (Å²) in [7, 11) is 0. The van der Waals surface area contributed by atoms with Crippen molar-refractivity contribution in [2.75, 3.05) is 13.2 Å². The van der Waals surface area contributed by atoms with Gasteiger partial charge in [-0.25, -0.2) is 0 Å². The molecule has 0 aliphatic heterocycles. The average molecular weight is 441 g/mol. The Morgan fingerprint density at radius 1 is 1.19 bits per heavy atom. The first-order valence-electron chi connectivity index (χ1n) is 10.9. The lowest BCUT2D eigenvalue weighted by molar-refractivity contribution is -0.121. The van der Waals surface area contributed by atoms with E-state index in [1.807, 2.05) is 0 Å². The molecule has 0 bridgehead atoms. The average Bonchev–Trinajstić information content (AvgIpc) is 3.36. The number of carbonyl (C=O) groups is 1. The van der Waals surface area contributed by atoms with Gasteiger partial charge in [-0.15, -0.1) is 0 Å². The molecule has 0 saturated heterocycles. The highest BCUT2D eigenvalue weighted by atomic mass is 32.1. The number of benzene rings is 2. The number of aryl methyl sites for hydroxylation is 1. The van der Waals surface area contributed by atoms with E-state index in [2.05, 4.69) is 34.6 Å². The smallest absolute Gasteiger partial charge is 0.305 e. The fraction of sp³-hybridized carbons (Fsp3) is 0.417. The van der Waals surface area contributed by atoms with Crippen LogP contribution in [-0.4, -0.2) is 29.1 Å². The molecule has 0 saturated carbocycles. The number of amides is 1. The Balaban J connectivity index is 1.11. The number of phenols is 1. The topological polar surface area (TPSA) is 91.4 Å². The minimum absolute atomic E-state index is 0.0444. The van der Waals surface area contributed by atoms with Crippen LogP contribution in [0.5, 0.6) is 5.75 Å². The van der Waals surface area contributed by atoms with E-state index >= 15 is 0 Å². The highest BCUT2D eigenvalue weighted by Gasteiger charge is 2.21. The number of phenolic OH excluding ortho intramolecular Hbond substituents is 1. The number of ether oxygens (including phenoxy) is 1. The summed E-state index contributed by atoms with van der Waals surface area (Å²) in [6.07, 6.45) is 6.29. The van der Waals surface area contributed by atoms with Crippen molar-refractivity contribution < 1.29 is 14.6 Å². The number of carbonyl (C=O) groups excluding carboxylic acids is 1. The highest BCUT2D eigenvalue weighted by Crippen LogP contribution is 2.33. The van der Waals surface area contributed by atoms with Gasteiger partial charge in [0.05, 0.1) is 10.8 Å². The molecule has 1 amide bonds. The molecule has 164 valence electrons. The fourth-order valence-corrected chi connectivity index (χ4v) is 5.07. The lowest BCUT2D eigenvalue weighted by Crippen LogP contribution is -2.25. The zero-order chi connectivity index (χ0) is 21.6. The zero-order valence-corrected chi connectivity index (χ0v) is 18.3. The van der Waals surface area contributed by atoms with Crippen LogP contribution >= 0.6 is 11.3 Å². The Morgan fingerprint density at radius 2 is 2.06 bits per heavy atom. The van der Waals surface area contributed by atoms with E-state index in [4.69, 9.17) is 4.74 Å². The molecule has 0 spiro atoms. The van der Waals surface area contributed by atoms with Crippen LogP contribution in [0.3, 0.4) is 0 Å². The van der Waals surface area contributed by atoms with Crippen LogP contribution in [-0.2, 0) is 22.4 Å². The number of nitrogens with one attached hydrogen (secondary N) is 2. The first kappa shape index (κ1) is 21.6. The number of aromatic amines is 1. The normalized spacial score (nSPS) is 15.3. The van der Waals surface area contributed by atoms with Crippen molar-refractivity contribution >= 4 is 27.5 Å². The van der Waals surface area contributed by atoms with Crippen molar-refractivity contribution in [3.63, 3.8) is 0 Å². The van der Waals surface area contributed by atoms with Crippen LogP contribution in [0.15, 0.2) is 41.2 Å². The summed E-state index contributed by atoms with van der Waals surface area (Å²) in [5.41, 5.74) is 4.16. The van der Waals surface area contributed by atoms with Crippen LogP contribution in [0.25, 0.3) is 10.2 Å². The summed E-state index contributed by atoms with van der Waals surface area (Å²) >= 11 is 1.08. The van der Waals surface area contributed by atoms with Gasteiger partial charge < -0.3 is 20.1 Å². The van der Waals surface area contributed by atoms with E-state index in [1.54, 1.807) is 12.1 Å². The molecule has 31 heavy (non-hydrogen) atoms. The number of aromatic nitrogens is 1. The van der Waals surface area contributed by atoms with Crippen LogP contribution < -0.4 is 10.2 Å². The second-order valence-electron chi connectivity index (χ2n) is 7.97. The van der Waals surface area contributed by atoms with E-state index in [0.29, 0.717) is 24.9 Å². The van der Waals surface area contributed by atoms with Crippen LogP contribution in [0.1, 0.15) is 54.9 Å². The van der Waals surface area contributed by atoms with E-state index in [0.717, 1.165) is 60.3 Å². The van der Waals surface area contributed by atoms with Gasteiger partial charge in [0.25, 0.3) is 0 Å². The summed E-state index contributed by atoms with van der Waals surface area (Å²) in [6.45, 7) is 1.24. The molecule has 4 rings (SSSR count). The summed E-state index contributed by atoms with van der Waals surface area (Å²) in [5, 5.41) is 12.8. The van der Waals surface area contributed by atoms with Crippen molar-refractivity contribution in [3.8, 4) is 5.75 Å². The van der Waals surface area contributed by atoms with Gasteiger partial charge in [-0.3, -0.25) is 9.59 Å². The molecule has 3 aromatic rings. The van der Waals surface area contributed by atoms with Crippen molar-refractivity contribution in [1.29, 1.82) is 0 Å². The van der Waals surface area contributed by atoms with Gasteiger partial charge in [-0.05, 0) is 54.9 Å². The van der Waals surface area contributed by atoms with Gasteiger partial charge in [0, 0.05) is 19.6 Å². The summed E-state index contributed by atoms with van der Waals surface area (Å²) in [6, 6.07) is 11.9. The maximum Gasteiger partial charge on any atom is 0.305 e. The van der Waals surface area contributed by atoms with Gasteiger partial charge in [-0.1, -0.05) is 48.1 Å². The van der Waals surface area contributed by atoms with Crippen molar-refractivity contribution in [1.82, 2.24) is 10.3 Å². The minimum atomic E-state index is -0.192. The van der Waals surface area contributed by atoms with E-state index < -0.39 is 0 Å². The standard InChI is InChI=1S/C24H28N2O4S/c27-19-11-9-17(23-22(19)26-24(29)31-23)13-14-25-21(28)8-2-1-5-15-30-20-12-10-16-6-3-4-7-18(16)20/h3-4,6-7,9,11,20,27H,1-2,5,8,10,12-15H2,(H,25,28)(H,26,29). The summed E-state index contributed by atoms with van der Waals surface area (Å²) in [4.78, 5) is 26.1. The SMILES string of the molecule is O=C(CCCCCOC1CCc2ccccc21)NCCc1ccc(O)c2[nH]c(=O)sc12. The lowest BCUT2D eigenvalue weighted by atomic mass is 10.1. The van der Waals surface area contributed by atoms with Gasteiger partial charge in [0.1, 0.15) is 11.3 Å². The number of hydrogen-bond donors (Lipinski definition) is 3. The monoisotopic (exact) mass is 440 g/mol. The molecule has 7 heteroatoms. The van der Waals surface area contributed by atoms with Crippen molar-refractivity contribution in [2.24, 2.45) is 0 Å². The molecule has 1 heterocycles. The Bertz CT molecular complexity index is 1100. The number of rotatable bonds is 10. The Hall–Kier alpha value is -2.64. The minimum Gasteiger partial charge on any atom is -0.506 e. The van der Waals surface area contributed by atoms with E-state index in [1.165, 1.54) is 11.1 Å². The van der Waals surface area contributed by atoms with Crippen LogP contribution in [0, 0.1) is 0 Å². The van der Waals surface area contributed by atoms with Crippen molar-refractivity contribution in [3.05, 3.63) is 62.8 Å². The molecule has 1 aliphatic rings. The number of fused-ring (bicyclic) bond motifs is 2. The fourth-order valence-electron chi connectivity index (χ4n) is 4.18. The second kappa shape index (κ2) is 10.1. The van der Waals surface area contributed by atoms with Gasteiger partial charge in [0.15, 0.2) is 0 Å². The molecule has 1 unspecified atom stereocenters. The van der Waals surface area contributed by atoms with E-state index in [-0.39, 0.29) is 22.6 Å². The quantitative estimate of drug-likeness (QED) is 0.412. The number of aromatic hydroxyl groups is 1. The number of hydrogen-bond acceptors (Lipinski definition) is 5. The third kappa shape index (κ3) is 5.35. The van der Waals surface area contributed by atoms with Crippen LogP contribution in [0.4, 0.5) is 0 Å². The molecule has 0 radical (unpaired) electrons. The molecule has 1 aliphatic carbocycles. The Kier molecular flexibility index (Phi) is 7.04. The molecule has 2 aromatic carbocycles. The van der Waals surface area contributed by atoms with Crippen LogP contribution in [0.2, 0.25) is 0 Å². The molecule has 1 atom stereocenters. The lowest BCUT2D eigenvalue weighted by Gasteiger charge is -2.13. The predicted molar refractivity (Wildman–Crippen MR) is 123 cm³/mol. The number of unbranched alkanes of at least 4 members (excludes halogenated alkanes) is 2. The van der Waals surface area contributed by atoms with Gasteiger partial charge >= 0.3 is 4.87 Å². The van der Waals surface area contributed by atoms with Crippen molar-refractivity contribution in [2.45, 2.75) is 51.0 Å². The maximum atomic E-state index is 12.1. The van der Waals surface area contributed by atoms with Gasteiger partial charge in [-0.2, -0.15) is 0 Å². The molecule has 1 aromatic heterocycles. The number of H-pyrrole nitrogens is 1. The summed E-state index contributed by atoms with van der Waals surface area (Å²) in [5.74, 6) is 0.116. The maximum absolute atomic E-state index is 12.1. The molecule has 6 nitrogen and oxygen atoms in total. The molecule has 0 fully saturated rings. The number of thiazole rings is 1. The predicted octanol–water partition coefficient (Wildman–Crippen LogP) is 4.22. The third-order valence-corrected chi connectivity index (χ3v) is 6.76. The summed E-state index contributed by atoms with van der Waals surface area (Å²) < 4.78 is 6.81. The first-order valence-corrected chi connectivity index (χ1v) is 11.7. The molecular formula is C24H28N2O4S. The largest absolute Gasteiger partial charge is 0.506 e. The Labute approximate surface area is 185 Å². The second-order valence-corrected chi connectivity index (χ2v) is 8.95.